The summed E-state index contributed by atoms with van der Waals surface area (Å²) in [6, 6.07) is 4.41. The number of hydrogen-bond donors (Lipinski definition) is 3. The maximum atomic E-state index is 13.6. The Kier molecular flexibility index (Phi) is 8.16. The van der Waals surface area contributed by atoms with Gasteiger partial charge in [0.15, 0.2) is 0 Å². The molecule has 0 spiro atoms. The summed E-state index contributed by atoms with van der Waals surface area (Å²) in [5.41, 5.74) is 0.822. The number of amides is 4. The quantitative estimate of drug-likeness (QED) is 0.528. The third-order valence-electron chi connectivity index (χ3n) is 7.99. The lowest BCUT2D eigenvalue weighted by molar-refractivity contribution is -0.139. The summed E-state index contributed by atoms with van der Waals surface area (Å²) >= 11 is 0. The summed E-state index contributed by atoms with van der Waals surface area (Å²) in [6.07, 6.45) is 6.30. The minimum Gasteiger partial charge on any atom is -0.508 e. The molecule has 4 amide bonds. The van der Waals surface area contributed by atoms with Crippen LogP contribution in [-0.2, 0) is 25.6 Å². The number of fused-ring (bicyclic) bond motifs is 1. The van der Waals surface area contributed by atoms with Crippen LogP contribution in [0, 0.1) is 11.8 Å². The number of hydrogen-bond acceptors (Lipinski definition) is 5. The van der Waals surface area contributed by atoms with E-state index in [1.807, 2.05) is 4.90 Å². The van der Waals surface area contributed by atoms with Crippen molar-refractivity contribution in [2.75, 3.05) is 19.6 Å². The average Bonchev–Trinajstić information content (AvgIpc) is 3.52. The van der Waals surface area contributed by atoms with E-state index in [1.54, 1.807) is 31.2 Å². The number of rotatable bonds is 7. The maximum absolute atomic E-state index is 13.6. The molecule has 1 aromatic carbocycles. The minimum atomic E-state index is -0.858. The highest BCUT2D eigenvalue weighted by atomic mass is 16.3. The van der Waals surface area contributed by atoms with Crippen molar-refractivity contribution in [3.63, 3.8) is 0 Å². The molecule has 36 heavy (non-hydrogen) atoms. The maximum Gasteiger partial charge on any atom is 0.245 e. The lowest BCUT2D eigenvalue weighted by Gasteiger charge is -2.27. The zero-order chi connectivity index (χ0) is 25.8. The van der Waals surface area contributed by atoms with Crippen LogP contribution in [-0.4, -0.2) is 76.3 Å². The van der Waals surface area contributed by atoms with Crippen LogP contribution >= 0.6 is 0 Å². The molecule has 2 heterocycles. The van der Waals surface area contributed by atoms with Crippen molar-refractivity contribution in [3.05, 3.63) is 29.8 Å². The van der Waals surface area contributed by atoms with Crippen LogP contribution in [0.2, 0.25) is 0 Å². The van der Waals surface area contributed by atoms with Gasteiger partial charge >= 0.3 is 0 Å². The van der Waals surface area contributed by atoms with Crippen molar-refractivity contribution < 1.29 is 24.3 Å². The minimum absolute atomic E-state index is 0.108. The molecule has 5 atom stereocenters. The van der Waals surface area contributed by atoms with Gasteiger partial charge in [-0.15, -0.1) is 0 Å². The molecule has 2 aliphatic heterocycles. The molecule has 1 saturated carbocycles. The molecular formula is C27H38N4O5. The van der Waals surface area contributed by atoms with Crippen molar-refractivity contribution in [2.24, 2.45) is 11.8 Å². The van der Waals surface area contributed by atoms with E-state index in [0.717, 1.165) is 37.9 Å². The Labute approximate surface area is 212 Å². The second kappa shape index (κ2) is 11.3. The Morgan fingerprint density at radius 3 is 2.22 bits per heavy atom. The number of phenols is 1. The van der Waals surface area contributed by atoms with Crippen LogP contribution in [0.5, 0.6) is 5.75 Å². The molecule has 9 heteroatoms. The molecule has 9 nitrogen and oxygen atoms in total. The van der Waals surface area contributed by atoms with Gasteiger partial charge in [0.25, 0.3) is 0 Å². The Bertz CT molecular complexity index is 967. The van der Waals surface area contributed by atoms with Crippen LogP contribution in [0.4, 0.5) is 0 Å². The number of likely N-dealkylation sites (tertiary alicyclic amines) is 2. The summed E-state index contributed by atoms with van der Waals surface area (Å²) in [4.78, 5) is 54.7. The molecule has 0 aromatic heterocycles. The van der Waals surface area contributed by atoms with E-state index < -0.39 is 24.0 Å². The van der Waals surface area contributed by atoms with Gasteiger partial charge in [0.2, 0.25) is 23.6 Å². The fraction of sp³-hybridized carbons (Fsp3) is 0.630. The summed E-state index contributed by atoms with van der Waals surface area (Å²) in [5, 5.41) is 15.2. The average molecular weight is 499 g/mol. The van der Waals surface area contributed by atoms with Gasteiger partial charge in [-0.25, -0.2) is 0 Å². The second-order valence-electron chi connectivity index (χ2n) is 10.6. The van der Waals surface area contributed by atoms with Crippen molar-refractivity contribution in [3.8, 4) is 5.75 Å². The number of phenolic OH excluding ortho intramolecular Hbond substituents is 1. The molecule has 3 N–H and O–H groups in total. The summed E-state index contributed by atoms with van der Waals surface area (Å²) < 4.78 is 0. The summed E-state index contributed by atoms with van der Waals surface area (Å²) in [7, 11) is 0. The molecule has 5 unspecified atom stereocenters. The third kappa shape index (κ3) is 5.99. The van der Waals surface area contributed by atoms with Gasteiger partial charge in [-0.05, 0) is 62.1 Å². The molecule has 2 saturated heterocycles. The van der Waals surface area contributed by atoms with Gasteiger partial charge in [0.05, 0.1) is 0 Å². The highest BCUT2D eigenvalue weighted by Crippen LogP contribution is 2.36. The van der Waals surface area contributed by atoms with Crippen LogP contribution in [0.3, 0.4) is 0 Å². The predicted octanol–water partition coefficient (Wildman–Crippen LogP) is 1.58. The standard InChI is InChI=1S/C27H38N4O5/c1-17(28-26(35)24-8-5-13-31(24)18(2)32)25(34)29-23(14-19-9-11-22(33)12-10-19)27(36)30-15-20-6-3-4-7-21(20)16-30/h9-12,17,20-21,23-24,33H,3-8,13-16H2,1-2H3,(H,28,35)(H,29,34). The monoisotopic (exact) mass is 498 g/mol. The molecule has 4 rings (SSSR count). The first kappa shape index (κ1) is 26.0. The molecule has 0 bridgehead atoms. The van der Waals surface area contributed by atoms with Crippen LogP contribution < -0.4 is 10.6 Å². The zero-order valence-corrected chi connectivity index (χ0v) is 21.2. The fourth-order valence-electron chi connectivity index (χ4n) is 5.96. The Morgan fingerprint density at radius 2 is 1.61 bits per heavy atom. The van der Waals surface area contributed by atoms with E-state index in [0.29, 0.717) is 24.8 Å². The van der Waals surface area contributed by atoms with E-state index in [-0.39, 0.29) is 29.9 Å². The summed E-state index contributed by atoms with van der Waals surface area (Å²) in [5.74, 6) is 0.138. The summed E-state index contributed by atoms with van der Waals surface area (Å²) in [6.45, 7) is 5.01. The van der Waals surface area contributed by atoms with E-state index in [9.17, 15) is 24.3 Å². The topological polar surface area (TPSA) is 119 Å². The lowest BCUT2D eigenvalue weighted by atomic mass is 9.82. The molecule has 0 radical (unpaired) electrons. The third-order valence-corrected chi connectivity index (χ3v) is 7.99. The number of carbonyl (C=O) groups excluding carboxylic acids is 4. The van der Waals surface area contributed by atoms with Gasteiger partial charge < -0.3 is 25.5 Å². The Hall–Kier alpha value is -3.10. The lowest BCUT2D eigenvalue weighted by Crippen LogP contribution is -2.56. The molecule has 3 aliphatic rings. The van der Waals surface area contributed by atoms with Crippen molar-refractivity contribution in [1.82, 2.24) is 20.4 Å². The van der Waals surface area contributed by atoms with Gasteiger partial charge in [0, 0.05) is 33.0 Å². The molecule has 196 valence electrons. The second-order valence-corrected chi connectivity index (χ2v) is 10.6. The Morgan fingerprint density at radius 1 is 0.972 bits per heavy atom. The van der Waals surface area contributed by atoms with Crippen LogP contribution in [0.15, 0.2) is 24.3 Å². The normalized spacial score (nSPS) is 25.1. The first-order valence-electron chi connectivity index (χ1n) is 13.2. The first-order valence-corrected chi connectivity index (χ1v) is 13.2. The molecular weight excluding hydrogens is 460 g/mol. The largest absolute Gasteiger partial charge is 0.508 e. The number of nitrogens with zero attached hydrogens (tertiary/aromatic N) is 2. The number of benzene rings is 1. The molecule has 1 aromatic rings. The smallest absolute Gasteiger partial charge is 0.245 e. The Balaban J connectivity index is 1.42. The molecule has 1 aliphatic carbocycles. The fourth-order valence-corrected chi connectivity index (χ4v) is 5.96. The zero-order valence-electron chi connectivity index (χ0n) is 21.2. The van der Waals surface area contributed by atoms with Gasteiger partial charge in [-0.3, -0.25) is 19.2 Å². The van der Waals surface area contributed by atoms with Crippen LogP contribution in [0.25, 0.3) is 0 Å². The van der Waals surface area contributed by atoms with Crippen molar-refractivity contribution in [2.45, 2.75) is 76.9 Å². The van der Waals surface area contributed by atoms with E-state index in [2.05, 4.69) is 10.6 Å². The van der Waals surface area contributed by atoms with Gasteiger partial charge in [-0.1, -0.05) is 25.0 Å². The van der Waals surface area contributed by atoms with E-state index in [1.165, 1.54) is 24.7 Å². The van der Waals surface area contributed by atoms with Gasteiger partial charge in [-0.2, -0.15) is 0 Å². The van der Waals surface area contributed by atoms with E-state index in [4.69, 9.17) is 0 Å². The SMILES string of the molecule is CC(=O)N1CCCC1C(=O)NC(C)C(=O)NC(Cc1ccc(O)cc1)C(=O)N1CC2CCCCC2C1. The highest BCUT2D eigenvalue weighted by molar-refractivity contribution is 5.94. The number of aromatic hydroxyl groups is 1. The van der Waals surface area contributed by atoms with Crippen molar-refractivity contribution >= 4 is 23.6 Å². The molecule has 3 fully saturated rings. The predicted molar refractivity (Wildman–Crippen MR) is 134 cm³/mol. The van der Waals surface area contributed by atoms with Crippen molar-refractivity contribution in [1.29, 1.82) is 0 Å². The van der Waals surface area contributed by atoms with E-state index >= 15 is 0 Å². The number of nitrogens with one attached hydrogen (secondary N) is 2. The van der Waals surface area contributed by atoms with Crippen LogP contribution in [0.1, 0.15) is 57.9 Å². The highest BCUT2D eigenvalue weighted by Gasteiger charge is 2.39. The number of carbonyl (C=O) groups is 4. The first-order chi connectivity index (χ1) is 17.2. The van der Waals surface area contributed by atoms with Gasteiger partial charge in [0.1, 0.15) is 23.9 Å².